The van der Waals surface area contributed by atoms with Crippen LogP contribution in [0.5, 0.6) is 0 Å². The number of hydrogen-bond donors (Lipinski definition) is 0. The second-order valence-corrected chi connectivity index (χ2v) is 6.10. The molecule has 0 fully saturated rings. The molecule has 2 aromatic carbocycles. The minimum absolute atomic E-state index is 0.646. The quantitative estimate of drug-likeness (QED) is 0.445. The molecule has 94 valence electrons. The molecule has 0 unspecified atom stereocenters. The van der Waals surface area contributed by atoms with Gasteiger partial charge in [0, 0.05) is 16.5 Å². The molecule has 3 heteroatoms. The summed E-state index contributed by atoms with van der Waals surface area (Å²) in [4.78, 5) is 0. The lowest BCUT2D eigenvalue weighted by molar-refractivity contribution is 0.361. The summed E-state index contributed by atoms with van der Waals surface area (Å²) >= 11 is 5.70. The van der Waals surface area contributed by atoms with Crippen LogP contribution in [-0.2, 0) is 4.52 Å². The Kier molecular flexibility index (Phi) is 5.67. The van der Waals surface area contributed by atoms with Crippen molar-refractivity contribution in [2.75, 3.05) is 12.5 Å². The van der Waals surface area contributed by atoms with Crippen molar-refractivity contribution >= 4 is 30.4 Å². The average molecular weight is 279 g/mol. The summed E-state index contributed by atoms with van der Waals surface area (Å²) < 4.78 is 6.04. The number of rotatable bonds is 6. The van der Waals surface area contributed by atoms with E-state index in [9.17, 15) is 0 Å². The fourth-order valence-electron chi connectivity index (χ4n) is 1.64. The number of halogens is 1. The van der Waals surface area contributed by atoms with Crippen molar-refractivity contribution in [2.45, 2.75) is 6.42 Å². The van der Waals surface area contributed by atoms with Crippen molar-refractivity contribution in [3.05, 3.63) is 60.7 Å². The maximum atomic E-state index is 6.04. The highest BCUT2D eigenvalue weighted by molar-refractivity contribution is 7.68. The molecule has 0 radical (unpaired) electrons. The summed E-state index contributed by atoms with van der Waals surface area (Å²) in [5.74, 6) is 0.646. The highest BCUT2D eigenvalue weighted by Crippen LogP contribution is 2.34. The van der Waals surface area contributed by atoms with Crippen LogP contribution in [0.4, 0.5) is 0 Å². The fraction of sp³-hybridized carbons (Fsp3) is 0.200. The lowest BCUT2D eigenvalue weighted by atomic mass is 10.4. The van der Waals surface area contributed by atoms with Crippen molar-refractivity contribution < 1.29 is 4.52 Å². The van der Waals surface area contributed by atoms with Crippen LogP contribution >= 0.6 is 19.7 Å². The van der Waals surface area contributed by atoms with Gasteiger partial charge < -0.3 is 4.52 Å². The van der Waals surface area contributed by atoms with Crippen molar-refractivity contribution in [1.29, 1.82) is 0 Å². The van der Waals surface area contributed by atoms with Crippen LogP contribution in [0.2, 0.25) is 0 Å². The first-order valence-corrected chi connectivity index (χ1v) is 7.80. The highest BCUT2D eigenvalue weighted by atomic mass is 35.5. The van der Waals surface area contributed by atoms with E-state index in [2.05, 4.69) is 48.5 Å². The third-order valence-corrected chi connectivity index (χ3v) is 4.72. The third kappa shape index (κ3) is 3.81. The van der Waals surface area contributed by atoms with E-state index in [1.54, 1.807) is 0 Å². The summed E-state index contributed by atoms with van der Waals surface area (Å²) in [6, 6.07) is 20.8. The Bertz CT molecular complexity index is 407. The SMILES string of the molecule is ClCCCOP(c1ccccc1)c1ccccc1. The molecule has 2 rings (SSSR count). The molecule has 1 nitrogen and oxygen atoms in total. The minimum atomic E-state index is -0.721. The zero-order valence-corrected chi connectivity index (χ0v) is 11.8. The first kappa shape index (κ1) is 13.5. The van der Waals surface area contributed by atoms with Gasteiger partial charge in [0.2, 0.25) is 0 Å². The molecule has 0 aliphatic heterocycles. The topological polar surface area (TPSA) is 9.23 Å². The third-order valence-electron chi connectivity index (χ3n) is 2.48. The number of alkyl halides is 1. The van der Waals surface area contributed by atoms with Crippen molar-refractivity contribution in [2.24, 2.45) is 0 Å². The van der Waals surface area contributed by atoms with E-state index in [4.69, 9.17) is 16.1 Å². The molecule has 0 saturated carbocycles. The molecular formula is C15H16ClOP. The molecule has 0 bridgehead atoms. The van der Waals surface area contributed by atoms with Crippen LogP contribution in [0.25, 0.3) is 0 Å². The normalized spacial score (nSPS) is 10.8. The smallest absolute Gasteiger partial charge is 0.0917 e. The van der Waals surface area contributed by atoms with Crippen LogP contribution in [0.1, 0.15) is 6.42 Å². The predicted molar refractivity (Wildman–Crippen MR) is 80.4 cm³/mol. The average Bonchev–Trinajstić information content (AvgIpc) is 2.46. The summed E-state index contributed by atoms with van der Waals surface area (Å²) in [5, 5.41) is 2.49. The Balaban J connectivity index is 2.18. The van der Waals surface area contributed by atoms with Gasteiger partial charge >= 0.3 is 0 Å². The molecule has 0 N–H and O–H groups in total. The largest absolute Gasteiger partial charge is 0.350 e. The number of benzene rings is 2. The highest BCUT2D eigenvalue weighted by Gasteiger charge is 2.13. The molecule has 0 atom stereocenters. The monoisotopic (exact) mass is 278 g/mol. The molecular weight excluding hydrogens is 263 g/mol. The van der Waals surface area contributed by atoms with Gasteiger partial charge in [0.05, 0.1) is 14.8 Å². The van der Waals surface area contributed by atoms with Gasteiger partial charge in [-0.1, -0.05) is 60.7 Å². The molecule has 0 heterocycles. The van der Waals surface area contributed by atoms with Gasteiger partial charge in [-0.05, 0) is 6.42 Å². The van der Waals surface area contributed by atoms with Crippen LogP contribution in [-0.4, -0.2) is 12.5 Å². The molecule has 2 aromatic rings. The summed E-state index contributed by atoms with van der Waals surface area (Å²) in [7, 11) is -0.721. The summed E-state index contributed by atoms with van der Waals surface area (Å²) in [5.41, 5.74) is 0. The zero-order chi connectivity index (χ0) is 12.6. The van der Waals surface area contributed by atoms with E-state index in [0.717, 1.165) is 6.42 Å². The maximum Gasteiger partial charge on any atom is 0.0917 e. The number of hydrogen-bond acceptors (Lipinski definition) is 1. The molecule has 0 aromatic heterocycles. The lowest BCUT2D eigenvalue weighted by Gasteiger charge is -2.18. The van der Waals surface area contributed by atoms with Gasteiger partial charge in [-0.25, -0.2) is 0 Å². The maximum absolute atomic E-state index is 6.04. The summed E-state index contributed by atoms with van der Waals surface area (Å²) in [6.07, 6.45) is 0.889. The van der Waals surface area contributed by atoms with Crippen molar-refractivity contribution in [3.8, 4) is 0 Å². The van der Waals surface area contributed by atoms with Crippen LogP contribution in [0, 0.1) is 0 Å². The summed E-state index contributed by atoms with van der Waals surface area (Å²) in [6.45, 7) is 0.707. The van der Waals surface area contributed by atoms with Crippen LogP contribution < -0.4 is 10.6 Å². The molecule has 0 amide bonds. The van der Waals surface area contributed by atoms with Gasteiger partial charge in [0.25, 0.3) is 0 Å². The van der Waals surface area contributed by atoms with E-state index in [0.29, 0.717) is 12.5 Å². The minimum Gasteiger partial charge on any atom is -0.350 e. The molecule has 0 aliphatic rings. The van der Waals surface area contributed by atoms with Crippen LogP contribution in [0.15, 0.2) is 60.7 Å². The van der Waals surface area contributed by atoms with Gasteiger partial charge in [0.15, 0.2) is 0 Å². The first-order valence-electron chi connectivity index (χ1n) is 6.01. The van der Waals surface area contributed by atoms with Crippen LogP contribution in [0.3, 0.4) is 0 Å². The van der Waals surface area contributed by atoms with Gasteiger partial charge in [-0.15, -0.1) is 11.6 Å². The van der Waals surface area contributed by atoms with E-state index in [1.807, 2.05) is 12.1 Å². The first-order chi connectivity index (χ1) is 8.92. The van der Waals surface area contributed by atoms with E-state index < -0.39 is 8.15 Å². The van der Waals surface area contributed by atoms with E-state index in [1.165, 1.54) is 10.6 Å². The van der Waals surface area contributed by atoms with Gasteiger partial charge in [-0.3, -0.25) is 0 Å². The van der Waals surface area contributed by atoms with E-state index >= 15 is 0 Å². The predicted octanol–water partition coefficient (Wildman–Crippen LogP) is 3.68. The van der Waals surface area contributed by atoms with E-state index in [-0.39, 0.29) is 0 Å². The molecule has 18 heavy (non-hydrogen) atoms. The Labute approximate surface area is 115 Å². The second-order valence-electron chi connectivity index (χ2n) is 3.84. The molecule has 0 aliphatic carbocycles. The van der Waals surface area contributed by atoms with Crippen molar-refractivity contribution in [3.63, 3.8) is 0 Å². The van der Waals surface area contributed by atoms with Gasteiger partial charge in [-0.2, -0.15) is 0 Å². The zero-order valence-electron chi connectivity index (χ0n) is 10.1. The Morgan fingerprint density at radius 2 is 1.33 bits per heavy atom. The molecule has 0 spiro atoms. The molecule has 0 saturated heterocycles. The van der Waals surface area contributed by atoms with Crippen molar-refractivity contribution in [1.82, 2.24) is 0 Å². The standard InChI is InChI=1S/C15H16ClOP/c16-12-7-13-17-18(14-8-3-1-4-9-14)15-10-5-2-6-11-15/h1-6,8-11H,7,12-13H2. The van der Waals surface area contributed by atoms with Gasteiger partial charge in [0.1, 0.15) is 0 Å². The fourth-order valence-corrected chi connectivity index (χ4v) is 3.54. The lowest BCUT2D eigenvalue weighted by Crippen LogP contribution is -2.14. The Morgan fingerprint density at radius 1 is 0.833 bits per heavy atom. The Hall–Kier alpha value is -0.880. The Morgan fingerprint density at radius 3 is 1.78 bits per heavy atom. The second kappa shape index (κ2) is 7.53.